The number of hydrogen-bond acceptors (Lipinski definition) is 4. The first-order valence-corrected chi connectivity index (χ1v) is 3.32. The van der Waals surface area contributed by atoms with Crippen LogP contribution in [-0.2, 0) is 0 Å². The zero-order valence-electron chi connectivity index (χ0n) is 6.02. The Bertz CT molecular complexity index is 377. The monoisotopic (exact) mass is 163 g/mol. The smallest absolute Gasteiger partial charge is 0.202 e. The number of imidazole rings is 1. The lowest BCUT2D eigenvalue weighted by atomic mass is 10.4. The van der Waals surface area contributed by atoms with Gasteiger partial charge in [0.15, 0.2) is 12.1 Å². The van der Waals surface area contributed by atoms with Crippen LogP contribution in [-0.4, -0.2) is 21.4 Å². The lowest BCUT2D eigenvalue weighted by Crippen LogP contribution is -1.78. The first-order valence-electron chi connectivity index (χ1n) is 3.32. The number of carbonyl (C=O) groups excluding carboxylic acids is 1. The lowest BCUT2D eigenvalue weighted by Gasteiger charge is -1.83. The van der Waals surface area contributed by atoms with E-state index in [2.05, 4.69) is 15.1 Å². The van der Waals surface area contributed by atoms with Crippen molar-refractivity contribution in [3.8, 4) is 11.6 Å². The number of carbonyl (C=O) groups is 1. The zero-order chi connectivity index (χ0) is 8.39. The molecule has 0 aliphatic carbocycles. The van der Waals surface area contributed by atoms with Gasteiger partial charge in [-0.05, 0) is 0 Å². The number of H-pyrrole nitrogens is 1. The summed E-state index contributed by atoms with van der Waals surface area (Å²) in [4.78, 5) is 17.0. The number of nitrogens with one attached hydrogen (secondary N) is 1. The minimum absolute atomic E-state index is 0.349. The molecular weight excluding hydrogens is 158 g/mol. The zero-order valence-corrected chi connectivity index (χ0v) is 6.02. The Morgan fingerprint density at radius 3 is 3.08 bits per heavy atom. The van der Waals surface area contributed by atoms with Crippen molar-refractivity contribution < 1.29 is 9.32 Å². The summed E-state index contributed by atoms with van der Waals surface area (Å²) in [7, 11) is 0. The van der Waals surface area contributed by atoms with E-state index in [9.17, 15) is 4.79 Å². The molecular formula is C7H5N3O2. The minimum Gasteiger partial charge on any atom is -0.353 e. The van der Waals surface area contributed by atoms with Crippen LogP contribution in [0.1, 0.15) is 10.5 Å². The van der Waals surface area contributed by atoms with E-state index in [1.165, 1.54) is 12.4 Å². The van der Waals surface area contributed by atoms with Crippen molar-refractivity contribution in [1.82, 2.24) is 15.1 Å². The van der Waals surface area contributed by atoms with Crippen molar-refractivity contribution in [2.75, 3.05) is 0 Å². The van der Waals surface area contributed by atoms with E-state index < -0.39 is 0 Å². The van der Waals surface area contributed by atoms with Gasteiger partial charge >= 0.3 is 0 Å². The SMILES string of the molecule is O=Cc1c[nH]c(-c2ccno2)n1. The molecule has 0 aliphatic rings. The third-order valence-corrected chi connectivity index (χ3v) is 1.39. The first kappa shape index (κ1) is 6.78. The van der Waals surface area contributed by atoms with Crippen LogP contribution in [0.3, 0.4) is 0 Å². The fourth-order valence-corrected chi connectivity index (χ4v) is 0.860. The molecule has 60 valence electrons. The summed E-state index contributed by atoms with van der Waals surface area (Å²) < 4.78 is 4.82. The molecule has 0 spiro atoms. The third-order valence-electron chi connectivity index (χ3n) is 1.39. The number of aromatic nitrogens is 3. The summed E-state index contributed by atoms with van der Waals surface area (Å²) >= 11 is 0. The highest BCUT2D eigenvalue weighted by atomic mass is 16.5. The van der Waals surface area contributed by atoms with Crippen molar-refractivity contribution in [3.05, 3.63) is 24.2 Å². The highest BCUT2D eigenvalue weighted by molar-refractivity contribution is 5.72. The predicted octanol–water partition coefficient (Wildman–Crippen LogP) is 0.877. The number of aldehydes is 1. The second-order valence-electron chi connectivity index (χ2n) is 2.17. The molecule has 2 aromatic heterocycles. The van der Waals surface area contributed by atoms with Crippen LogP contribution in [0.2, 0.25) is 0 Å². The van der Waals surface area contributed by atoms with Crippen molar-refractivity contribution >= 4 is 6.29 Å². The summed E-state index contributed by atoms with van der Waals surface area (Å²) in [5.74, 6) is 1.03. The van der Waals surface area contributed by atoms with Crippen LogP contribution in [0.25, 0.3) is 11.6 Å². The predicted molar refractivity (Wildman–Crippen MR) is 39.5 cm³/mol. The molecule has 0 radical (unpaired) electrons. The van der Waals surface area contributed by atoms with Crippen LogP contribution in [0.15, 0.2) is 23.0 Å². The molecule has 5 heteroatoms. The second-order valence-corrected chi connectivity index (χ2v) is 2.17. The van der Waals surface area contributed by atoms with E-state index in [4.69, 9.17) is 4.52 Å². The fourth-order valence-electron chi connectivity index (χ4n) is 0.860. The van der Waals surface area contributed by atoms with Crippen LogP contribution >= 0.6 is 0 Å². The van der Waals surface area contributed by atoms with Gasteiger partial charge in [-0.3, -0.25) is 4.79 Å². The number of hydrogen-bond donors (Lipinski definition) is 1. The molecule has 0 saturated carbocycles. The molecule has 12 heavy (non-hydrogen) atoms. The maximum atomic E-state index is 10.3. The Kier molecular flexibility index (Phi) is 1.48. The molecule has 0 amide bonds. The standard InChI is InChI=1S/C7H5N3O2/c11-4-5-3-8-7(10-5)6-1-2-9-12-6/h1-4H,(H,8,10). The summed E-state index contributed by atoms with van der Waals surface area (Å²) in [5, 5.41) is 3.51. The molecule has 0 atom stereocenters. The maximum absolute atomic E-state index is 10.3. The lowest BCUT2D eigenvalue weighted by molar-refractivity contribution is 0.111. The van der Waals surface area contributed by atoms with Gasteiger partial charge in [0.25, 0.3) is 0 Å². The first-order chi connectivity index (χ1) is 5.90. The molecule has 5 nitrogen and oxygen atoms in total. The summed E-state index contributed by atoms with van der Waals surface area (Å²) in [6.07, 6.45) is 3.68. The van der Waals surface area contributed by atoms with E-state index >= 15 is 0 Å². The molecule has 0 aromatic carbocycles. The molecule has 1 N–H and O–H groups in total. The summed E-state index contributed by atoms with van der Waals surface area (Å²) in [6.45, 7) is 0. The Labute approximate surface area is 67.4 Å². The van der Waals surface area contributed by atoms with Crippen molar-refractivity contribution in [3.63, 3.8) is 0 Å². The van der Waals surface area contributed by atoms with Crippen LogP contribution in [0, 0.1) is 0 Å². The molecule has 2 aromatic rings. The van der Waals surface area contributed by atoms with E-state index in [-0.39, 0.29) is 0 Å². The Balaban J connectivity index is 2.41. The van der Waals surface area contributed by atoms with E-state index in [0.29, 0.717) is 23.6 Å². The molecule has 0 saturated heterocycles. The van der Waals surface area contributed by atoms with Gasteiger partial charge in [-0.15, -0.1) is 0 Å². The van der Waals surface area contributed by atoms with Gasteiger partial charge in [-0.25, -0.2) is 4.98 Å². The fraction of sp³-hybridized carbons (Fsp3) is 0. The number of aromatic amines is 1. The Hall–Kier alpha value is -1.91. The van der Waals surface area contributed by atoms with Crippen molar-refractivity contribution in [1.29, 1.82) is 0 Å². The van der Waals surface area contributed by atoms with Gasteiger partial charge in [-0.1, -0.05) is 5.16 Å². The van der Waals surface area contributed by atoms with Gasteiger partial charge in [0.05, 0.1) is 6.20 Å². The highest BCUT2D eigenvalue weighted by Crippen LogP contribution is 2.12. The average molecular weight is 163 g/mol. The Morgan fingerprint density at radius 2 is 2.50 bits per heavy atom. The van der Waals surface area contributed by atoms with Crippen molar-refractivity contribution in [2.45, 2.75) is 0 Å². The van der Waals surface area contributed by atoms with Gasteiger partial charge in [0, 0.05) is 12.3 Å². The minimum atomic E-state index is 0.349. The van der Waals surface area contributed by atoms with E-state index in [1.54, 1.807) is 6.07 Å². The van der Waals surface area contributed by atoms with Crippen LogP contribution in [0.5, 0.6) is 0 Å². The van der Waals surface area contributed by atoms with Crippen molar-refractivity contribution in [2.24, 2.45) is 0 Å². The Morgan fingerprint density at radius 1 is 1.58 bits per heavy atom. The molecule has 0 fully saturated rings. The topological polar surface area (TPSA) is 71.8 Å². The summed E-state index contributed by atoms with van der Waals surface area (Å²) in [6, 6.07) is 1.66. The van der Waals surface area contributed by atoms with E-state index in [1.807, 2.05) is 0 Å². The summed E-state index contributed by atoms with van der Waals surface area (Å²) in [5.41, 5.74) is 0.349. The number of nitrogens with zero attached hydrogens (tertiary/aromatic N) is 2. The number of rotatable bonds is 2. The molecule has 0 bridgehead atoms. The molecule has 2 rings (SSSR count). The third kappa shape index (κ3) is 1.01. The van der Waals surface area contributed by atoms with E-state index in [0.717, 1.165) is 0 Å². The van der Waals surface area contributed by atoms with Gasteiger partial charge in [-0.2, -0.15) is 0 Å². The average Bonchev–Trinajstić information content (AvgIpc) is 2.75. The molecule has 0 unspecified atom stereocenters. The molecule has 2 heterocycles. The highest BCUT2D eigenvalue weighted by Gasteiger charge is 2.05. The van der Waals surface area contributed by atoms with Gasteiger partial charge in [0.2, 0.25) is 5.76 Å². The van der Waals surface area contributed by atoms with Crippen LogP contribution in [0.4, 0.5) is 0 Å². The maximum Gasteiger partial charge on any atom is 0.202 e. The second kappa shape index (κ2) is 2.61. The molecule has 0 aliphatic heterocycles. The van der Waals surface area contributed by atoms with Gasteiger partial charge in [0.1, 0.15) is 5.69 Å². The van der Waals surface area contributed by atoms with Gasteiger partial charge < -0.3 is 9.51 Å². The largest absolute Gasteiger partial charge is 0.353 e. The quantitative estimate of drug-likeness (QED) is 0.667. The normalized spacial score (nSPS) is 10.0. The van der Waals surface area contributed by atoms with Crippen LogP contribution < -0.4 is 0 Å².